The first-order valence-corrected chi connectivity index (χ1v) is 23.5. The van der Waals surface area contributed by atoms with Gasteiger partial charge in [0.2, 0.25) is 0 Å². The van der Waals surface area contributed by atoms with Crippen LogP contribution in [0.4, 0.5) is 0 Å². The van der Waals surface area contributed by atoms with E-state index >= 15 is 0 Å². The molecule has 0 aliphatic heterocycles. The third-order valence-corrected chi connectivity index (χ3v) is 25.5. The van der Waals surface area contributed by atoms with Gasteiger partial charge in [0.25, 0.3) is 0 Å². The Morgan fingerprint density at radius 2 is 1.50 bits per heavy atom. The van der Waals surface area contributed by atoms with E-state index in [0.717, 1.165) is 17.9 Å². The fraction of sp³-hybridized carbons (Fsp3) is 0.333. The van der Waals surface area contributed by atoms with Gasteiger partial charge in [-0.2, -0.15) is 34.4 Å². The normalized spacial score (nSPS) is 10.3. The van der Waals surface area contributed by atoms with E-state index in [1.807, 2.05) is 0 Å². The van der Waals surface area contributed by atoms with E-state index in [4.69, 9.17) is 21.4 Å². The molecular weight excluding hydrogens is 531 g/mol. The predicted molar refractivity (Wildman–Crippen MR) is 142 cm³/mol. The molecule has 0 aliphatic carbocycles. The molecule has 1 aromatic heterocycles. The van der Waals surface area contributed by atoms with Crippen molar-refractivity contribution < 1.29 is 22.4 Å². The largest absolute Gasteiger partial charge is 0.196 e. The molecule has 3 aromatic carbocycles. The molecular formula is C27H34Cl2OSiZr-2. The van der Waals surface area contributed by atoms with Crippen LogP contribution in [0.3, 0.4) is 0 Å². The van der Waals surface area contributed by atoms with Gasteiger partial charge in [-0.25, -0.2) is 0 Å². The Bertz CT molecular complexity index is 1170. The first kappa shape index (κ1) is 27.4. The number of hydrogen-bond acceptors (Lipinski definition) is 1. The second kappa shape index (κ2) is 12.6. The van der Waals surface area contributed by atoms with E-state index in [1.54, 1.807) is 0 Å². The van der Waals surface area contributed by atoms with E-state index in [1.165, 1.54) is 44.2 Å². The van der Waals surface area contributed by atoms with E-state index in [-0.39, 0.29) is 5.43 Å². The number of rotatable bonds is 2. The van der Waals surface area contributed by atoms with Crippen LogP contribution in [0.25, 0.3) is 22.1 Å². The maximum atomic E-state index is 5.84. The van der Waals surface area contributed by atoms with Gasteiger partial charge >= 0.3 is 53.5 Å². The van der Waals surface area contributed by atoms with Crippen molar-refractivity contribution in [1.29, 1.82) is 0 Å². The summed E-state index contributed by atoms with van der Waals surface area (Å²) in [6.07, 6.45) is 0.940. The molecule has 1 heterocycles. The Balaban J connectivity index is 0.000000204. The van der Waals surface area contributed by atoms with Crippen LogP contribution in [0.5, 0.6) is 0 Å². The average molecular weight is 565 g/mol. The van der Waals surface area contributed by atoms with Gasteiger partial charge in [0.05, 0.1) is 0 Å². The number of aryl methyl sites for hydroxylation is 4. The molecule has 0 N–H and O–H groups in total. The molecule has 172 valence electrons. The predicted octanol–water partition coefficient (Wildman–Crippen LogP) is 9.49. The Kier molecular flexibility index (Phi) is 10.7. The maximum absolute atomic E-state index is 5.84. The topological polar surface area (TPSA) is 13.1 Å². The van der Waals surface area contributed by atoms with Crippen molar-refractivity contribution >= 4 is 33.2 Å². The van der Waals surface area contributed by atoms with Crippen molar-refractivity contribution in [3.63, 3.8) is 0 Å². The van der Waals surface area contributed by atoms with Gasteiger partial charge in [-0.05, 0) is 17.7 Å². The molecule has 0 bridgehead atoms. The van der Waals surface area contributed by atoms with E-state index in [9.17, 15) is 0 Å². The van der Waals surface area contributed by atoms with Crippen LogP contribution < -0.4 is 0 Å². The molecule has 0 fully saturated rings. The summed E-state index contributed by atoms with van der Waals surface area (Å²) in [6.45, 7) is 17.2. The average Bonchev–Trinajstić information content (AvgIpc) is 3.43. The Morgan fingerprint density at radius 3 is 1.94 bits per heavy atom. The van der Waals surface area contributed by atoms with Gasteiger partial charge in [-0.1, -0.05) is 47.6 Å². The molecule has 0 saturated carbocycles. The summed E-state index contributed by atoms with van der Waals surface area (Å²) in [5.41, 5.74) is 8.01. The molecule has 5 heteroatoms. The second-order valence-electron chi connectivity index (χ2n) is 8.48. The zero-order chi connectivity index (χ0) is 24.0. The fourth-order valence-electron chi connectivity index (χ4n) is 3.44. The monoisotopic (exact) mass is 562 g/mol. The molecule has 0 spiro atoms. The third kappa shape index (κ3) is 7.32. The fourth-order valence-corrected chi connectivity index (χ4v) is 3.44. The van der Waals surface area contributed by atoms with Gasteiger partial charge in [0.1, 0.15) is 11.5 Å². The summed E-state index contributed by atoms with van der Waals surface area (Å²) in [5, 5.41) is 2.57. The minimum absolute atomic E-state index is 0.224. The summed E-state index contributed by atoms with van der Waals surface area (Å²) in [6, 6.07) is 17.2. The summed E-state index contributed by atoms with van der Waals surface area (Å²) in [7, 11) is 11.2. The number of hydrogen-bond donors (Lipinski definition) is 0. The van der Waals surface area contributed by atoms with Crippen LogP contribution in [0.2, 0.25) is 13.1 Å². The minimum Gasteiger partial charge on any atom is -0.196 e. The van der Waals surface area contributed by atoms with Gasteiger partial charge in [-0.3, -0.25) is 0 Å². The Morgan fingerprint density at radius 1 is 0.906 bits per heavy atom. The Labute approximate surface area is 208 Å². The zero-order valence-electron chi connectivity index (χ0n) is 20.5. The first-order chi connectivity index (χ1) is 15.0. The number of fused-ring (bicyclic) bond motifs is 1. The van der Waals surface area contributed by atoms with Crippen LogP contribution in [0.1, 0.15) is 40.5 Å². The van der Waals surface area contributed by atoms with Gasteiger partial charge in [0.15, 0.2) is 0 Å². The molecule has 4 aromatic rings. The van der Waals surface area contributed by atoms with Crippen LogP contribution in [0.15, 0.2) is 52.9 Å². The van der Waals surface area contributed by atoms with Crippen molar-refractivity contribution in [1.82, 2.24) is 0 Å². The maximum Gasteiger partial charge on any atom is -0.0632 e. The van der Waals surface area contributed by atoms with Crippen LogP contribution in [-0.2, 0) is 24.4 Å². The number of benzene rings is 1. The van der Waals surface area contributed by atoms with E-state index in [0.29, 0.717) is 0 Å². The zero-order valence-corrected chi connectivity index (χ0v) is 25.5. The third-order valence-electron chi connectivity index (χ3n) is 5.73. The van der Waals surface area contributed by atoms with Crippen molar-refractivity contribution in [2.45, 2.75) is 61.1 Å². The standard InChI is InChI=1S/C16H15O.C9H13.C2H6Si.2ClH.Zr/c1-3-13-7-8-16(17-13)14-6-4-5-12-9-11(2)10-15(12)14;1-6-5-7(2)9(4)8(6)3;1-3-2;;;/h4-10H,3H2,1-2H3;5H,1-4H3;1-2H3;2*1H;/q2*-1;;;;+2/p-2. The van der Waals surface area contributed by atoms with Crippen molar-refractivity contribution in [2.24, 2.45) is 0 Å². The molecule has 0 saturated heterocycles. The molecule has 0 unspecified atom stereocenters. The Hall–Kier alpha value is -0.860. The van der Waals surface area contributed by atoms with Crippen LogP contribution in [0, 0.1) is 34.6 Å². The number of furan rings is 1. The van der Waals surface area contributed by atoms with Crippen LogP contribution >= 0.6 is 17.0 Å². The van der Waals surface area contributed by atoms with E-state index < -0.39 is 18.0 Å². The minimum atomic E-state index is -1.65. The van der Waals surface area contributed by atoms with Crippen molar-refractivity contribution in [2.75, 3.05) is 0 Å². The molecule has 0 amide bonds. The van der Waals surface area contributed by atoms with Crippen LogP contribution in [-0.4, -0.2) is 5.43 Å². The first-order valence-electron chi connectivity index (χ1n) is 11.0. The molecule has 4 rings (SSSR count). The van der Waals surface area contributed by atoms with Gasteiger partial charge < -0.3 is 4.42 Å². The smallest absolute Gasteiger partial charge is 0.0632 e. The quantitative estimate of drug-likeness (QED) is 0.175. The molecule has 1 nitrogen and oxygen atoms in total. The van der Waals surface area contributed by atoms with Crippen molar-refractivity contribution in [3.8, 4) is 11.3 Å². The number of halogens is 2. The summed E-state index contributed by atoms with van der Waals surface area (Å²) in [4.78, 5) is 0. The molecule has 32 heavy (non-hydrogen) atoms. The SMILES string of the molecule is CCc1ccc(-c2cccc3[cH-]c(C)cc23)o1.C[Si](C)=[Zr]([Cl])[Cl].Cc1[cH-]c(C)c(C)c1C. The summed E-state index contributed by atoms with van der Waals surface area (Å²) >= 11 is -1.65. The van der Waals surface area contributed by atoms with Crippen molar-refractivity contribution in [3.05, 3.63) is 82.1 Å². The van der Waals surface area contributed by atoms with E-state index in [2.05, 4.69) is 103 Å². The molecule has 0 aliphatic rings. The van der Waals surface area contributed by atoms with Gasteiger partial charge in [-0.15, -0.1) is 34.5 Å². The summed E-state index contributed by atoms with van der Waals surface area (Å²) < 4.78 is 5.84. The molecule has 0 radical (unpaired) electrons. The summed E-state index contributed by atoms with van der Waals surface area (Å²) in [5.74, 6) is 2.01. The molecule has 0 atom stereocenters. The second-order valence-corrected chi connectivity index (χ2v) is 31.5. The van der Waals surface area contributed by atoms with Gasteiger partial charge in [0, 0.05) is 6.42 Å².